The molecule has 1 heterocycles. The lowest BCUT2D eigenvalue weighted by Gasteiger charge is -2.37. The molecule has 0 unspecified atom stereocenters. The summed E-state index contributed by atoms with van der Waals surface area (Å²) in [5.74, 6) is 2.14. The van der Waals surface area contributed by atoms with E-state index in [-0.39, 0.29) is 0 Å². The molecule has 1 saturated heterocycles. The zero-order valence-corrected chi connectivity index (χ0v) is 12.7. The van der Waals surface area contributed by atoms with E-state index >= 15 is 0 Å². The zero-order valence-electron chi connectivity index (χ0n) is 11.9. The van der Waals surface area contributed by atoms with Gasteiger partial charge in [-0.15, -0.1) is 0 Å². The van der Waals surface area contributed by atoms with Crippen molar-refractivity contribution >= 4 is 11.8 Å². The van der Waals surface area contributed by atoms with Gasteiger partial charge in [-0.25, -0.2) is 0 Å². The summed E-state index contributed by atoms with van der Waals surface area (Å²) in [5, 5.41) is 0. The van der Waals surface area contributed by atoms with Gasteiger partial charge < -0.3 is 10.5 Å². The smallest absolute Gasteiger partial charge is 0.123 e. The fourth-order valence-electron chi connectivity index (χ4n) is 2.40. The van der Waals surface area contributed by atoms with Gasteiger partial charge in [0.1, 0.15) is 12.4 Å². The third kappa shape index (κ3) is 4.41. The van der Waals surface area contributed by atoms with E-state index in [4.69, 9.17) is 10.5 Å². The summed E-state index contributed by atoms with van der Waals surface area (Å²) in [7, 11) is 0. The number of nitrogens with two attached hydrogens (primary N) is 1. The predicted molar refractivity (Wildman–Crippen MR) is 82.8 cm³/mol. The van der Waals surface area contributed by atoms with Crippen molar-refractivity contribution in [2.75, 3.05) is 32.0 Å². The molecule has 0 aromatic heterocycles. The van der Waals surface area contributed by atoms with Crippen molar-refractivity contribution in [1.82, 2.24) is 4.90 Å². The maximum atomic E-state index is 5.87. The Balaban J connectivity index is 1.80. The van der Waals surface area contributed by atoms with Gasteiger partial charge in [-0.2, -0.15) is 11.8 Å². The van der Waals surface area contributed by atoms with Crippen LogP contribution in [0.3, 0.4) is 0 Å². The van der Waals surface area contributed by atoms with E-state index in [9.17, 15) is 0 Å². The summed E-state index contributed by atoms with van der Waals surface area (Å²) in [6, 6.07) is 8.02. The van der Waals surface area contributed by atoms with Crippen molar-refractivity contribution in [3.63, 3.8) is 0 Å². The maximum absolute atomic E-state index is 5.87. The van der Waals surface area contributed by atoms with Crippen LogP contribution < -0.4 is 10.5 Å². The van der Waals surface area contributed by atoms with E-state index in [0.717, 1.165) is 37.6 Å². The maximum Gasteiger partial charge on any atom is 0.123 e. The van der Waals surface area contributed by atoms with E-state index in [0.29, 0.717) is 11.3 Å². The lowest BCUT2D eigenvalue weighted by atomic mass is 10.2. The first-order valence-corrected chi connectivity index (χ1v) is 7.86. The molecule has 1 aromatic carbocycles. The van der Waals surface area contributed by atoms with Gasteiger partial charge in [0.25, 0.3) is 0 Å². The minimum absolute atomic E-state index is 0.368. The van der Waals surface area contributed by atoms with Gasteiger partial charge in [-0.05, 0) is 19.9 Å². The molecule has 1 aliphatic rings. The highest BCUT2D eigenvalue weighted by Crippen LogP contribution is 2.29. The minimum Gasteiger partial charge on any atom is -0.492 e. The Morgan fingerprint density at radius 2 is 2.16 bits per heavy atom. The molecule has 19 heavy (non-hydrogen) atoms. The Morgan fingerprint density at radius 3 is 2.89 bits per heavy atom. The van der Waals surface area contributed by atoms with Crippen molar-refractivity contribution in [3.05, 3.63) is 29.8 Å². The number of hydrogen-bond acceptors (Lipinski definition) is 4. The number of hydrogen-bond donors (Lipinski definition) is 1. The molecule has 1 fully saturated rings. The van der Waals surface area contributed by atoms with Crippen molar-refractivity contribution in [3.8, 4) is 5.75 Å². The quantitative estimate of drug-likeness (QED) is 0.898. The van der Waals surface area contributed by atoms with Crippen molar-refractivity contribution in [1.29, 1.82) is 0 Å². The first-order chi connectivity index (χ1) is 9.11. The largest absolute Gasteiger partial charge is 0.492 e. The molecule has 0 aliphatic carbocycles. The molecule has 2 rings (SSSR count). The van der Waals surface area contributed by atoms with Crippen LogP contribution in [0, 0.1) is 0 Å². The normalized spacial score (nSPS) is 19.3. The fraction of sp³-hybridized carbons (Fsp3) is 0.600. The van der Waals surface area contributed by atoms with E-state index in [1.54, 1.807) is 0 Å². The molecular weight excluding hydrogens is 256 g/mol. The van der Waals surface area contributed by atoms with Crippen LogP contribution in [0.5, 0.6) is 5.75 Å². The van der Waals surface area contributed by atoms with E-state index in [1.165, 1.54) is 5.75 Å². The zero-order chi connectivity index (χ0) is 13.7. The van der Waals surface area contributed by atoms with Gasteiger partial charge in [0.15, 0.2) is 0 Å². The van der Waals surface area contributed by atoms with E-state index < -0.39 is 0 Å². The average Bonchev–Trinajstić information content (AvgIpc) is 2.38. The Labute approximate surface area is 120 Å². The average molecular weight is 280 g/mol. The molecule has 4 heteroatoms. The Morgan fingerprint density at radius 1 is 1.37 bits per heavy atom. The van der Waals surface area contributed by atoms with Crippen molar-refractivity contribution in [2.24, 2.45) is 5.73 Å². The summed E-state index contributed by atoms with van der Waals surface area (Å²) >= 11 is 2.06. The van der Waals surface area contributed by atoms with Crippen LogP contribution in [0.4, 0.5) is 0 Å². The predicted octanol–water partition coefficient (Wildman–Crippen LogP) is 2.35. The first-order valence-electron chi connectivity index (χ1n) is 6.88. The molecule has 0 radical (unpaired) electrons. The summed E-state index contributed by atoms with van der Waals surface area (Å²) in [5.41, 5.74) is 6.79. The number of rotatable bonds is 5. The van der Waals surface area contributed by atoms with Gasteiger partial charge in [-0.3, -0.25) is 4.90 Å². The van der Waals surface area contributed by atoms with Crippen LogP contribution in [0.1, 0.15) is 19.4 Å². The highest BCUT2D eigenvalue weighted by Gasteiger charge is 2.26. The van der Waals surface area contributed by atoms with Gasteiger partial charge in [0, 0.05) is 42.2 Å². The monoisotopic (exact) mass is 280 g/mol. The highest BCUT2D eigenvalue weighted by atomic mass is 32.2. The second-order valence-electron chi connectivity index (χ2n) is 5.54. The number of ether oxygens (including phenoxy) is 1. The first kappa shape index (κ1) is 14.7. The topological polar surface area (TPSA) is 38.5 Å². The molecule has 1 aromatic rings. The summed E-state index contributed by atoms with van der Waals surface area (Å²) in [4.78, 5) is 2.49. The molecule has 1 aliphatic heterocycles. The second kappa shape index (κ2) is 6.64. The van der Waals surface area contributed by atoms with Gasteiger partial charge in [0.05, 0.1) is 0 Å². The van der Waals surface area contributed by atoms with Crippen molar-refractivity contribution in [2.45, 2.75) is 25.1 Å². The second-order valence-corrected chi connectivity index (χ2v) is 7.35. The van der Waals surface area contributed by atoms with Crippen molar-refractivity contribution < 1.29 is 4.74 Å². The SMILES string of the molecule is CC1(C)CN(CCOc2ccccc2CN)CCS1. The Bertz CT molecular complexity index is 409. The lowest BCUT2D eigenvalue weighted by molar-refractivity contribution is 0.201. The van der Waals surface area contributed by atoms with E-state index in [1.807, 2.05) is 24.3 Å². The molecule has 0 bridgehead atoms. The number of benzene rings is 1. The summed E-state index contributed by atoms with van der Waals surface area (Å²) in [6.07, 6.45) is 0. The number of nitrogens with zero attached hydrogens (tertiary/aromatic N) is 1. The van der Waals surface area contributed by atoms with Gasteiger partial charge in [0.2, 0.25) is 0 Å². The number of thioether (sulfide) groups is 1. The molecule has 106 valence electrons. The third-order valence-electron chi connectivity index (χ3n) is 3.36. The molecular formula is C15H24N2OS. The molecule has 0 amide bonds. The Kier molecular flexibility index (Phi) is 5.13. The molecule has 0 atom stereocenters. The van der Waals surface area contributed by atoms with Crippen LogP contribution in [-0.2, 0) is 6.54 Å². The fourth-order valence-corrected chi connectivity index (χ4v) is 3.58. The third-order valence-corrected chi connectivity index (χ3v) is 4.66. The van der Waals surface area contributed by atoms with Crippen LogP contribution in [0.25, 0.3) is 0 Å². The minimum atomic E-state index is 0.368. The number of para-hydroxylation sites is 1. The summed E-state index contributed by atoms with van der Waals surface area (Å²) in [6.45, 7) is 9.18. The molecule has 3 nitrogen and oxygen atoms in total. The molecule has 0 saturated carbocycles. The van der Waals surface area contributed by atoms with Crippen LogP contribution in [0.15, 0.2) is 24.3 Å². The standard InChI is InChI=1S/C15H24N2OS/c1-15(2)12-17(8-10-19-15)7-9-18-14-6-4-3-5-13(14)11-16/h3-6H,7-12,16H2,1-2H3. The van der Waals surface area contributed by atoms with Crippen LogP contribution in [0.2, 0.25) is 0 Å². The highest BCUT2D eigenvalue weighted by molar-refractivity contribution is 8.00. The van der Waals surface area contributed by atoms with E-state index in [2.05, 4.69) is 30.5 Å². The molecule has 2 N–H and O–H groups in total. The van der Waals surface area contributed by atoms with Gasteiger partial charge in [-0.1, -0.05) is 18.2 Å². The van der Waals surface area contributed by atoms with Gasteiger partial charge >= 0.3 is 0 Å². The summed E-state index contributed by atoms with van der Waals surface area (Å²) < 4.78 is 6.24. The molecule has 0 spiro atoms. The lowest BCUT2D eigenvalue weighted by Crippen LogP contribution is -2.44. The van der Waals surface area contributed by atoms with Crippen LogP contribution in [-0.4, -0.2) is 41.6 Å². The van der Waals surface area contributed by atoms with Crippen LogP contribution >= 0.6 is 11.8 Å². The Hall–Kier alpha value is -0.710.